The third-order valence-electron chi connectivity index (χ3n) is 3.92. The summed E-state index contributed by atoms with van der Waals surface area (Å²) in [4.78, 5) is 26.7. The number of sulfone groups is 1. The van der Waals surface area contributed by atoms with Gasteiger partial charge in [-0.2, -0.15) is 0 Å². The van der Waals surface area contributed by atoms with Crippen molar-refractivity contribution in [2.45, 2.75) is 13.0 Å². The number of esters is 1. The number of hydrogen-bond donors (Lipinski definition) is 0. The molecule has 1 aromatic carbocycles. The summed E-state index contributed by atoms with van der Waals surface area (Å²) in [6.45, 7) is 1.33. The van der Waals surface area contributed by atoms with E-state index in [4.69, 9.17) is 4.74 Å². The van der Waals surface area contributed by atoms with E-state index in [9.17, 15) is 18.0 Å². The fourth-order valence-electron chi connectivity index (χ4n) is 2.67. The molecule has 3 rings (SSSR count). The number of carbonyl (C=O) groups is 2. The van der Waals surface area contributed by atoms with Gasteiger partial charge in [-0.05, 0) is 42.1 Å². The fourth-order valence-corrected chi connectivity index (χ4v) is 4.76. The van der Waals surface area contributed by atoms with Gasteiger partial charge in [-0.1, -0.05) is 18.2 Å². The Labute approximate surface area is 155 Å². The van der Waals surface area contributed by atoms with Gasteiger partial charge in [-0.15, -0.1) is 11.3 Å². The predicted octanol–water partition coefficient (Wildman–Crippen LogP) is 2.56. The topological polar surface area (TPSA) is 80.8 Å². The zero-order valence-electron chi connectivity index (χ0n) is 14.0. The summed E-state index contributed by atoms with van der Waals surface area (Å²) in [7, 11) is -3.33. The molecule has 1 unspecified atom stereocenters. The van der Waals surface area contributed by atoms with Crippen LogP contribution in [0.2, 0.25) is 0 Å². The fraction of sp³-hybridized carbons (Fsp3) is 0.222. The van der Waals surface area contributed by atoms with E-state index in [1.54, 1.807) is 48.7 Å². The molecular weight excluding hydrogens is 374 g/mol. The average molecular weight is 391 g/mol. The number of nitrogens with zero attached hydrogens (tertiary/aromatic N) is 1. The molecule has 0 N–H and O–H groups in total. The van der Waals surface area contributed by atoms with Crippen molar-refractivity contribution in [2.24, 2.45) is 0 Å². The number of rotatable bonds is 5. The Bertz CT molecular complexity index is 947. The molecule has 0 bridgehead atoms. The number of thiophene rings is 1. The van der Waals surface area contributed by atoms with Crippen LogP contribution < -0.4 is 4.90 Å². The van der Waals surface area contributed by atoms with Gasteiger partial charge in [-0.25, -0.2) is 13.2 Å². The van der Waals surface area contributed by atoms with Crippen LogP contribution in [0.4, 0.5) is 5.69 Å². The predicted molar refractivity (Wildman–Crippen MR) is 100.0 cm³/mol. The van der Waals surface area contributed by atoms with Gasteiger partial charge in [0.25, 0.3) is 5.91 Å². The minimum absolute atomic E-state index is 0.189. The van der Waals surface area contributed by atoms with Crippen LogP contribution in [0.25, 0.3) is 0 Å². The van der Waals surface area contributed by atoms with Gasteiger partial charge in [0.1, 0.15) is 4.88 Å². The summed E-state index contributed by atoms with van der Waals surface area (Å²) >= 11 is 1.25. The zero-order valence-corrected chi connectivity index (χ0v) is 15.6. The largest absolute Gasteiger partial charge is 0.451 e. The molecular formula is C18H17NO5S2. The van der Waals surface area contributed by atoms with Crippen LogP contribution in [0.3, 0.4) is 0 Å². The molecule has 8 heteroatoms. The Balaban J connectivity index is 1.77. The lowest BCUT2D eigenvalue weighted by atomic mass is 10.2. The lowest BCUT2D eigenvalue weighted by Crippen LogP contribution is -2.43. The van der Waals surface area contributed by atoms with Crippen LogP contribution in [-0.2, 0) is 19.4 Å². The summed E-state index contributed by atoms with van der Waals surface area (Å²) in [6.07, 6.45) is 1.48. The number of para-hydroxylation sites is 1. The lowest BCUT2D eigenvalue weighted by molar-refractivity contribution is -0.121. The molecule has 1 atom stereocenters. The Morgan fingerprint density at radius 3 is 2.54 bits per heavy atom. The van der Waals surface area contributed by atoms with E-state index < -0.39 is 34.4 Å². The number of carbonyl (C=O) groups excluding carboxylic acids is 2. The van der Waals surface area contributed by atoms with Crippen molar-refractivity contribution in [1.29, 1.82) is 0 Å². The molecule has 0 radical (unpaired) electrons. The Hall–Kier alpha value is -2.45. The number of anilines is 1. The van der Waals surface area contributed by atoms with Crippen molar-refractivity contribution >= 4 is 38.7 Å². The molecule has 1 aliphatic rings. The standard InChI is InChI=1S/C18H17NO5S2/c1-13-7-9-25-17(13)18(21)24-11-16(20)19(14-5-3-2-4-6-14)15-8-10-26(22,23)12-15/h2-10,15H,11-12H2,1H3. The molecule has 0 aliphatic carbocycles. The summed E-state index contributed by atoms with van der Waals surface area (Å²) in [5.74, 6) is -1.23. The molecule has 1 aromatic heterocycles. The smallest absolute Gasteiger partial charge is 0.349 e. The first-order valence-corrected chi connectivity index (χ1v) is 10.5. The number of aryl methyl sites for hydroxylation is 1. The molecule has 1 aliphatic heterocycles. The molecule has 0 fully saturated rings. The second-order valence-corrected chi connectivity index (χ2v) is 8.68. The van der Waals surface area contributed by atoms with E-state index >= 15 is 0 Å². The highest BCUT2D eigenvalue weighted by atomic mass is 32.2. The maximum atomic E-state index is 12.7. The third kappa shape index (κ3) is 4.03. The van der Waals surface area contributed by atoms with Crippen molar-refractivity contribution in [3.63, 3.8) is 0 Å². The van der Waals surface area contributed by atoms with E-state index in [0.717, 1.165) is 11.0 Å². The van der Waals surface area contributed by atoms with E-state index in [0.29, 0.717) is 10.6 Å². The van der Waals surface area contributed by atoms with Crippen molar-refractivity contribution in [1.82, 2.24) is 0 Å². The number of amides is 1. The first-order chi connectivity index (χ1) is 12.4. The van der Waals surface area contributed by atoms with Crippen LogP contribution in [-0.4, -0.2) is 38.7 Å². The molecule has 6 nitrogen and oxygen atoms in total. The van der Waals surface area contributed by atoms with Gasteiger partial charge in [-0.3, -0.25) is 4.79 Å². The molecule has 136 valence electrons. The summed E-state index contributed by atoms with van der Waals surface area (Å²) in [5.41, 5.74) is 1.34. The molecule has 26 heavy (non-hydrogen) atoms. The number of benzene rings is 1. The number of ether oxygens (including phenoxy) is 1. The minimum atomic E-state index is -3.33. The highest BCUT2D eigenvalue weighted by molar-refractivity contribution is 7.94. The van der Waals surface area contributed by atoms with E-state index in [2.05, 4.69) is 0 Å². The van der Waals surface area contributed by atoms with E-state index in [-0.39, 0.29) is 5.75 Å². The molecule has 2 aromatic rings. The Morgan fingerprint density at radius 1 is 1.23 bits per heavy atom. The molecule has 0 spiro atoms. The second kappa shape index (κ2) is 7.43. The van der Waals surface area contributed by atoms with Gasteiger partial charge in [0.2, 0.25) is 0 Å². The van der Waals surface area contributed by atoms with Crippen LogP contribution in [0.15, 0.2) is 53.3 Å². The summed E-state index contributed by atoms with van der Waals surface area (Å²) < 4.78 is 28.6. The van der Waals surface area contributed by atoms with Crippen molar-refractivity contribution in [2.75, 3.05) is 17.3 Å². The average Bonchev–Trinajstić information content (AvgIpc) is 3.19. The maximum Gasteiger partial charge on any atom is 0.349 e. The first kappa shape index (κ1) is 18.3. The van der Waals surface area contributed by atoms with Gasteiger partial charge in [0.15, 0.2) is 16.4 Å². The van der Waals surface area contributed by atoms with Gasteiger partial charge in [0.05, 0.1) is 11.8 Å². The quantitative estimate of drug-likeness (QED) is 0.732. The Morgan fingerprint density at radius 2 is 1.96 bits per heavy atom. The molecule has 2 heterocycles. The van der Waals surface area contributed by atoms with Crippen LogP contribution >= 0.6 is 11.3 Å². The van der Waals surface area contributed by atoms with Gasteiger partial charge >= 0.3 is 5.97 Å². The van der Waals surface area contributed by atoms with Crippen molar-refractivity contribution in [3.8, 4) is 0 Å². The summed E-state index contributed by atoms with van der Waals surface area (Å²) in [6, 6.07) is 9.90. The molecule has 1 amide bonds. The van der Waals surface area contributed by atoms with Crippen LogP contribution in [0, 0.1) is 6.92 Å². The summed E-state index contributed by atoms with van der Waals surface area (Å²) in [5, 5.41) is 2.89. The van der Waals surface area contributed by atoms with Gasteiger partial charge in [0, 0.05) is 11.1 Å². The molecule has 0 saturated carbocycles. The monoisotopic (exact) mass is 391 g/mol. The van der Waals surface area contributed by atoms with E-state index in [1.165, 1.54) is 22.3 Å². The Kier molecular flexibility index (Phi) is 5.24. The maximum absolute atomic E-state index is 12.7. The van der Waals surface area contributed by atoms with Crippen LogP contribution in [0.5, 0.6) is 0 Å². The highest BCUT2D eigenvalue weighted by Crippen LogP contribution is 2.23. The van der Waals surface area contributed by atoms with Crippen LogP contribution in [0.1, 0.15) is 15.2 Å². The zero-order chi connectivity index (χ0) is 18.7. The normalized spacial score (nSPS) is 17.8. The third-order valence-corrected chi connectivity index (χ3v) is 6.29. The van der Waals surface area contributed by atoms with Crippen molar-refractivity contribution < 1.29 is 22.7 Å². The van der Waals surface area contributed by atoms with Crippen molar-refractivity contribution in [3.05, 3.63) is 63.7 Å². The van der Waals surface area contributed by atoms with Gasteiger partial charge < -0.3 is 9.64 Å². The van der Waals surface area contributed by atoms with E-state index in [1.807, 2.05) is 0 Å². The first-order valence-electron chi connectivity index (χ1n) is 7.87. The highest BCUT2D eigenvalue weighted by Gasteiger charge is 2.32. The lowest BCUT2D eigenvalue weighted by Gasteiger charge is -2.27. The number of hydrogen-bond acceptors (Lipinski definition) is 6. The second-order valence-electron chi connectivity index (χ2n) is 5.83. The SMILES string of the molecule is Cc1ccsc1C(=O)OCC(=O)N(c1ccccc1)C1C=CS(=O)(=O)C1. The molecule has 0 saturated heterocycles. The minimum Gasteiger partial charge on any atom is -0.451 e.